The molecule has 2 heterocycles. The van der Waals surface area contributed by atoms with Crippen molar-refractivity contribution < 1.29 is 14.3 Å². The van der Waals surface area contributed by atoms with Crippen molar-refractivity contribution in [2.45, 2.75) is 13.0 Å². The SMILES string of the molecule is COc1cccc2c1Oc1ccccc1N=C2N1CCN(C(=O)c2cccc(Cl)c2)[C@@H](C)C1. The first-order valence-corrected chi connectivity index (χ1v) is 11.3. The smallest absolute Gasteiger partial charge is 0.254 e. The van der Waals surface area contributed by atoms with E-state index < -0.39 is 0 Å². The molecule has 6 nitrogen and oxygen atoms in total. The summed E-state index contributed by atoms with van der Waals surface area (Å²) in [6.07, 6.45) is 0. The minimum absolute atomic E-state index is 0.0109. The lowest BCUT2D eigenvalue weighted by Gasteiger charge is -2.41. The highest BCUT2D eigenvalue weighted by Crippen LogP contribution is 2.42. The van der Waals surface area contributed by atoms with E-state index in [4.69, 9.17) is 26.1 Å². The first-order valence-electron chi connectivity index (χ1n) is 10.9. The molecule has 0 aromatic heterocycles. The highest BCUT2D eigenvalue weighted by atomic mass is 35.5. The number of aliphatic imine (C=N–C) groups is 1. The Kier molecular flexibility index (Phi) is 5.68. The number of benzene rings is 3. The molecule has 0 bridgehead atoms. The molecule has 0 N–H and O–H groups in total. The molecule has 1 saturated heterocycles. The number of hydrogen-bond acceptors (Lipinski definition) is 5. The van der Waals surface area contributed by atoms with E-state index in [2.05, 4.69) is 11.8 Å². The number of nitrogens with zero attached hydrogens (tertiary/aromatic N) is 3. The molecule has 0 saturated carbocycles. The number of halogens is 1. The van der Waals surface area contributed by atoms with Gasteiger partial charge in [-0.2, -0.15) is 0 Å². The van der Waals surface area contributed by atoms with Crippen LogP contribution in [0.2, 0.25) is 5.02 Å². The number of amides is 1. The molecule has 3 aromatic rings. The number of hydrogen-bond donors (Lipinski definition) is 0. The van der Waals surface area contributed by atoms with Crippen molar-refractivity contribution in [2.24, 2.45) is 4.99 Å². The van der Waals surface area contributed by atoms with Crippen molar-refractivity contribution in [2.75, 3.05) is 26.7 Å². The highest BCUT2D eigenvalue weighted by Gasteiger charge is 2.32. The second kappa shape index (κ2) is 8.79. The maximum absolute atomic E-state index is 13.1. The summed E-state index contributed by atoms with van der Waals surface area (Å²) in [6, 6.07) is 20.6. The van der Waals surface area contributed by atoms with Crippen LogP contribution < -0.4 is 9.47 Å². The van der Waals surface area contributed by atoms with Gasteiger partial charge in [-0.05, 0) is 49.4 Å². The molecule has 1 atom stereocenters. The minimum atomic E-state index is -0.0126. The molecule has 1 amide bonds. The van der Waals surface area contributed by atoms with Crippen LogP contribution in [0.25, 0.3) is 0 Å². The summed E-state index contributed by atoms with van der Waals surface area (Å²) in [5, 5.41) is 0.559. The van der Waals surface area contributed by atoms with E-state index in [1.165, 1.54) is 0 Å². The number of piperazine rings is 1. The molecular formula is C26H24ClN3O3. The summed E-state index contributed by atoms with van der Waals surface area (Å²) < 4.78 is 11.8. The molecule has 0 aliphatic carbocycles. The number of rotatable bonds is 2. The van der Waals surface area contributed by atoms with Gasteiger partial charge in [0.2, 0.25) is 0 Å². The van der Waals surface area contributed by atoms with E-state index in [-0.39, 0.29) is 11.9 Å². The summed E-state index contributed by atoms with van der Waals surface area (Å²) in [6.45, 7) is 3.92. The summed E-state index contributed by atoms with van der Waals surface area (Å²) in [7, 11) is 1.63. The van der Waals surface area contributed by atoms with Gasteiger partial charge in [0.1, 0.15) is 11.5 Å². The summed E-state index contributed by atoms with van der Waals surface area (Å²) in [5.74, 6) is 2.79. The fourth-order valence-electron chi connectivity index (χ4n) is 4.36. The summed E-state index contributed by atoms with van der Waals surface area (Å²) in [5.41, 5.74) is 2.23. The molecule has 168 valence electrons. The first-order chi connectivity index (χ1) is 16.0. The van der Waals surface area contributed by atoms with E-state index in [9.17, 15) is 4.79 Å². The zero-order chi connectivity index (χ0) is 22.9. The predicted molar refractivity (Wildman–Crippen MR) is 129 cm³/mol. The van der Waals surface area contributed by atoms with Gasteiger partial charge in [-0.25, -0.2) is 4.99 Å². The number of methoxy groups -OCH3 is 1. The molecule has 0 unspecified atom stereocenters. The van der Waals surface area contributed by atoms with E-state index in [0.29, 0.717) is 47.5 Å². The lowest BCUT2D eigenvalue weighted by atomic mass is 10.1. The standard InChI is InChI=1S/C26H24ClN3O3/c1-17-16-29(13-14-30(17)26(31)18-7-5-8-19(27)15-18)25-20-9-6-12-23(32-2)24(20)33-22-11-4-3-10-21(22)28-25/h3-12,15,17H,13-14,16H2,1-2H3/t17-/m0/s1. The van der Waals surface area contributed by atoms with Gasteiger partial charge in [-0.15, -0.1) is 0 Å². The highest BCUT2D eigenvalue weighted by molar-refractivity contribution is 6.31. The van der Waals surface area contributed by atoms with Gasteiger partial charge in [-0.1, -0.05) is 35.9 Å². The Balaban J connectivity index is 1.47. The van der Waals surface area contributed by atoms with Crippen LogP contribution in [-0.2, 0) is 0 Å². The number of para-hydroxylation sites is 3. The molecule has 7 heteroatoms. The average molecular weight is 462 g/mol. The maximum atomic E-state index is 13.1. The molecule has 2 aliphatic rings. The molecule has 5 rings (SSSR count). The zero-order valence-corrected chi connectivity index (χ0v) is 19.2. The molecule has 0 radical (unpaired) electrons. The van der Waals surface area contributed by atoms with Gasteiger partial charge in [0.25, 0.3) is 5.91 Å². The van der Waals surface area contributed by atoms with Gasteiger partial charge in [-0.3, -0.25) is 4.79 Å². The van der Waals surface area contributed by atoms with Gasteiger partial charge in [0, 0.05) is 36.3 Å². The number of fused-ring (bicyclic) bond motifs is 2. The van der Waals surface area contributed by atoms with E-state index in [0.717, 1.165) is 17.1 Å². The van der Waals surface area contributed by atoms with Crippen molar-refractivity contribution >= 4 is 29.0 Å². The lowest BCUT2D eigenvalue weighted by molar-refractivity contribution is 0.0581. The molecule has 2 aliphatic heterocycles. The van der Waals surface area contributed by atoms with Gasteiger partial charge in [0.05, 0.1) is 12.7 Å². The quantitative estimate of drug-likeness (QED) is 0.514. The zero-order valence-electron chi connectivity index (χ0n) is 18.5. The van der Waals surface area contributed by atoms with E-state index >= 15 is 0 Å². The Morgan fingerprint density at radius 1 is 1.09 bits per heavy atom. The first kappa shape index (κ1) is 21.3. The lowest BCUT2D eigenvalue weighted by Crippen LogP contribution is -2.55. The summed E-state index contributed by atoms with van der Waals surface area (Å²) >= 11 is 6.10. The third kappa shape index (κ3) is 4.02. The van der Waals surface area contributed by atoms with Crippen LogP contribution in [0.4, 0.5) is 5.69 Å². The average Bonchev–Trinajstić information content (AvgIpc) is 3.00. The van der Waals surface area contributed by atoms with Crippen LogP contribution in [0.15, 0.2) is 71.7 Å². The van der Waals surface area contributed by atoms with Crippen LogP contribution in [0.5, 0.6) is 17.2 Å². The van der Waals surface area contributed by atoms with E-state index in [1.807, 2.05) is 47.4 Å². The predicted octanol–water partition coefficient (Wildman–Crippen LogP) is 5.38. The molecule has 1 fully saturated rings. The van der Waals surface area contributed by atoms with Crippen LogP contribution in [0.1, 0.15) is 22.8 Å². The van der Waals surface area contributed by atoms with Crippen LogP contribution >= 0.6 is 11.6 Å². The molecular weight excluding hydrogens is 438 g/mol. The Morgan fingerprint density at radius 3 is 2.70 bits per heavy atom. The van der Waals surface area contributed by atoms with Crippen LogP contribution in [-0.4, -0.2) is 54.3 Å². The Morgan fingerprint density at radius 2 is 1.91 bits per heavy atom. The van der Waals surface area contributed by atoms with Gasteiger partial charge in [0.15, 0.2) is 17.2 Å². The van der Waals surface area contributed by atoms with Crippen molar-refractivity contribution in [3.05, 3.63) is 82.9 Å². The molecule has 33 heavy (non-hydrogen) atoms. The third-order valence-corrected chi connectivity index (χ3v) is 6.24. The second-order valence-electron chi connectivity index (χ2n) is 8.15. The summed E-state index contributed by atoms with van der Waals surface area (Å²) in [4.78, 5) is 22.2. The van der Waals surface area contributed by atoms with Crippen LogP contribution in [0, 0.1) is 0 Å². The number of ether oxygens (including phenoxy) is 2. The van der Waals surface area contributed by atoms with Crippen molar-refractivity contribution in [3.8, 4) is 17.2 Å². The Bertz CT molecular complexity index is 1240. The maximum Gasteiger partial charge on any atom is 0.254 e. The fraction of sp³-hybridized carbons (Fsp3) is 0.231. The topological polar surface area (TPSA) is 54.4 Å². The Labute approximate surface area is 198 Å². The monoisotopic (exact) mass is 461 g/mol. The number of carbonyl (C=O) groups is 1. The normalized spacial score (nSPS) is 17.3. The number of carbonyl (C=O) groups excluding carboxylic acids is 1. The Hall–Kier alpha value is -3.51. The van der Waals surface area contributed by atoms with E-state index in [1.54, 1.807) is 31.4 Å². The molecule has 0 spiro atoms. The van der Waals surface area contributed by atoms with Gasteiger partial charge < -0.3 is 19.3 Å². The van der Waals surface area contributed by atoms with Crippen molar-refractivity contribution in [1.29, 1.82) is 0 Å². The largest absolute Gasteiger partial charge is 0.493 e. The van der Waals surface area contributed by atoms with Crippen LogP contribution in [0.3, 0.4) is 0 Å². The second-order valence-corrected chi connectivity index (χ2v) is 8.58. The minimum Gasteiger partial charge on any atom is -0.493 e. The van der Waals surface area contributed by atoms with Gasteiger partial charge >= 0.3 is 0 Å². The number of amidine groups is 1. The molecule has 3 aromatic carbocycles. The van der Waals surface area contributed by atoms with Crippen molar-refractivity contribution in [3.63, 3.8) is 0 Å². The fourth-order valence-corrected chi connectivity index (χ4v) is 4.55. The third-order valence-electron chi connectivity index (χ3n) is 6.00. The van der Waals surface area contributed by atoms with Crippen molar-refractivity contribution in [1.82, 2.24) is 9.80 Å².